The summed E-state index contributed by atoms with van der Waals surface area (Å²) in [7, 11) is -0.774. The number of aromatic nitrogens is 6. The average molecular weight is 857 g/mol. The van der Waals surface area contributed by atoms with Crippen LogP contribution in [-0.2, 0) is 33.4 Å². The lowest BCUT2D eigenvalue weighted by Gasteiger charge is -2.37. The lowest BCUT2D eigenvalue weighted by atomic mass is 9.80. The number of benzene rings is 3. The minimum atomic E-state index is -3.96. The van der Waals surface area contributed by atoms with E-state index >= 15 is 0 Å². The van der Waals surface area contributed by atoms with Crippen LogP contribution in [0.1, 0.15) is 42.0 Å². The number of nitrogens with zero attached hydrogens (tertiary/aromatic N) is 5. The van der Waals surface area contributed by atoms with Gasteiger partial charge in [0.1, 0.15) is 47.6 Å². The zero-order valence-electron chi connectivity index (χ0n) is 33.4. The number of nitrogens with one attached hydrogen (secondary N) is 1. The number of aromatic amines is 1. The molecule has 320 valence electrons. The standard InChI is InChI=1S/C41H45N8O11P/c1-54-27-13-9-25(10-14-27)41(24-7-5-4-6-8-24,26-11-15-28(55-2)16-12-26)56-21-32-30(20-35(59-32)49-23-44-36-37(49)46-39(43)47-38(36)51)60-61(3,53)57-22-31-29(50)19-34(58-31)48-18-17-33(42)45-40(48)52/h4-18,23,29-32,34-35,50H,19-22H2,1-3H3,(H2,42,45,52)(H3,43,46,47,51)/t29-,30-,31+,32+,34+,35+,61?/m0/s1. The maximum absolute atomic E-state index is 14.2. The van der Waals surface area contributed by atoms with Gasteiger partial charge in [-0.05, 0) is 47.0 Å². The first-order valence-electron chi connectivity index (χ1n) is 19.3. The minimum absolute atomic E-state index is 0.0482. The number of nitrogen functional groups attached to an aromatic ring is 2. The number of aliphatic hydroxyl groups excluding tert-OH is 1. The van der Waals surface area contributed by atoms with Crippen LogP contribution in [0.15, 0.2) is 107 Å². The maximum Gasteiger partial charge on any atom is 0.351 e. The van der Waals surface area contributed by atoms with Crippen LogP contribution in [0.5, 0.6) is 11.5 Å². The molecule has 19 nitrogen and oxygen atoms in total. The molecule has 7 atom stereocenters. The monoisotopic (exact) mass is 856 g/mol. The van der Waals surface area contributed by atoms with Crippen LogP contribution in [0.3, 0.4) is 0 Å². The molecule has 2 saturated heterocycles. The summed E-state index contributed by atoms with van der Waals surface area (Å²) in [5.74, 6) is 1.24. The molecule has 8 rings (SSSR count). The van der Waals surface area contributed by atoms with Crippen LogP contribution in [0.2, 0.25) is 0 Å². The third-order valence-electron chi connectivity index (χ3n) is 10.7. The number of imidazole rings is 1. The second-order valence-corrected chi connectivity index (χ2v) is 16.7. The molecule has 0 radical (unpaired) electrons. The zero-order chi connectivity index (χ0) is 42.9. The topological polar surface area (TPSA) is 252 Å². The van der Waals surface area contributed by atoms with Gasteiger partial charge in [-0.15, -0.1) is 0 Å². The molecule has 6 N–H and O–H groups in total. The summed E-state index contributed by atoms with van der Waals surface area (Å²) in [5.41, 5.74) is 11.7. The highest BCUT2D eigenvalue weighted by Crippen LogP contribution is 2.50. The Morgan fingerprint density at radius 1 is 0.836 bits per heavy atom. The summed E-state index contributed by atoms with van der Waals surface area (Å²) in [5, 5.41) is 10.8. The number of nitrogens with two attached hydrogens (primary N) is 2. The largest absolute Gasteiger partial charge is 0.497 e. The van der Waals surface area contributed by atoms with E-state index < -0.39 is 61.3 Å². The Morgan fingerprint density at radius 3 is 2.10 bits per heavy atom. The lowest BCUT2D eigenvalue weighted by molar-refractivity contribution is -0.0919. The number of fused-ring (bicyclic) bond motifs is 1. The molecule has 0 aliphatic carbocycles. The first-order valence-corrected chi connectivity index (χ1v) is 21.3. The van der Waals surface area contributed by atoms with Crippen molar-refractivity contribution in [2.24, 2.45) is 0 Å². The fourth-order valence-corrected chi connectivity index (χ4v) is 8.93. The summed E-state index contributed by atoms with van der Waals surface area (Å²) < 4.78 is 59.9. The number of ether oxygens (including phenoxy) is 5. The normalized spacial score (nSPS) is 22.6. The fourth-order valence-electron chi connectivity index (χ4n) is 7.73. The minimum Gasteiger partial charge on any atom is -0.497 e. The van der Waals surface area contributed by atoms with Gasteiger partial charge in [0.15, 0.2) is 11.2 Å². The molecule has 61 heavy (non-hydrogen) atoms. The van der Waals surface area contributed by atoms with Crippen molar-refractivity contribution in [3.8, 4) is 11.5 Å². The molecule has 2 aliphatic rings. The van der Waals surface area contributed by atoms with Crippen molar-refractivity contribution in [2.45, 2.75) is 55.3 Å². The molecular weight excluding hydrogens is 811 g/mol. The second kappa shape index (κ2) is 17.2. The second-order valence-electron chi connectivity index (χ2n) is 14.6. The molecule has 6 aromatic rings. The van der Waals surface area contributed by atoms with Gasteiger partial charge in [-0.2, -0.15) is 9.97 Å². The Morgan fingerprint density at radius 2 is 1.46 bits per heavy atom. The van der Waals surface area contributed by atoms with E-state index in [4.69, 9.17) is 44.2 Å². The molecule has 0 saturated carbocycles. The van der Waals surface area contributed by atoms with E-state index in [0.29, 0.717) is 11.5 Å². The van der Waals surface area contributed by atoms with Crippen LogP contribution in [0.25, 0.3) is 11.2 Å². The summed E-state index contributed by atoms with van der Waals surface area (Å²) in [6, 6.07) is 26.2. The Labute approximate surface area is 348 Å². The SMILES string of the molecule is COc1ccc(C(OC[C@H]2O[C@@H](n3cnc4c(=O)[nH]c(N)nc43)C[C@@H]2OP(C)(=O)OC[C@H]2O[C@@H](n3ccc(N)nc3=O)C[C@@H]2O)(c2ccccc2)c2ccc(OC)cc2)cc1. The predicted octanol–water partition coefficient (Wildman–Crippen LogP) is 3.73. The third kappa shape index (κ3) is 8.54. The van der Waals surface area contributed by atoms with Crippen LogP contribution in [0, 0.1) is 0 Å². The molecule has 3 aromatic carbocycles. The third-order valence-corrected chi connectivity index (χ3v) is 12.0. The fraction of sp³-hybridized carbons (Fsp3) is 0.341. The molecule has 2 fully saturated rings. The van der Waals surface area contributed by atoms with Gasteiger partial charge in [0.05, 0.1) is 46.0 Å². The number of rotatable bonds is 15. The summed E-state index contributed by atoms with van der Waals surface area (Å²) in [6.45, 7) is 0.862. The van der Waals surface area contributed by atoms with E-state index in [2.05, 4.69) is 19.9 Å². The van der Waals surface area contributed by atoms with E-state index in [-0.39, 0.29) is 49.0 Å². The van der Waals surface area contributed by atoms with Crippen LogP contribution < -0.4 is 32.2 Å². The Kier molecular flexibility index (Phi) is 11.8. The molecule has 0 spiro atoms. The first kappa shape index (κ1) is 41.8. The van der Waals surface area contributed by atoms with Gasteiger partial charge in [-0.25, -0.2) is 9.78 Å². The van der Waals surface area contributed by atoms with Crippen molar-refractivity contribution in [1.82, 2.24) is 29.1 Å². The number of methoxy groups -OCH3 is 2. The zero-order valence-corrected chi connectivity index (χ0v) is 34.3. The Balaban J connectivity index is 1.11. The van der Waals surface area contributed by atoms with Crippen LogP contribution in [-0.4, -0.2) is 92.7 Å². The van der Waals surface area contributed by atoms with Gasteiger partial charge in [0, 0.05) is 25.7 Å². The van der Waals surface area contributed by atoms with Crippen LogP contribution >= 0.6 is 7.60 Å². The number of anilines is 2. The van der Waals surface area contributed by atoms with Gasteiger partial charge < -0.3 is 49.3 Å². The highest BCUT2D eigenvalue weighted by atomic mass is 31.2. The van der Waals surface area contributed by atoms with Crippen molar-refractivity contribution >= 4 is 30.5 Å². The predicted molar refractivity (Wildman–Crippen MR) is 221 cm³/mol. The molecule has 2 aliphatic heterocycles. The van der Waals surface area contributed by atoms with Gasteiger partial charge >= 0.3 is 13.3 Å². The molecule has 0 amide bonds. The van der Waals surface area contributed by atoms with Crippen LogP contribution in [0.4, 0.5) is 11.8 Å². The molecular formula is C41H45N8O11P. The summed E-state index contributed by atoms with van der Waals surface area (Å²) >= 11 is 0. The van der Waals surface area contributed by atoms with Crippen molar-refractivity contribution in [3.05, 3.63) is 135 Å². The number of aliphatic hydroxyl groups is 1. The van der Waals surface area contributed by atoms with Crippen molar-refractivity contribution in [1.29, 1.82) is 0 Å². The van der Waals surface area contributed by atoms with Gasteiger partial charge in [0.25, 0.3) is 5.56 Å². The van der Waals surface area contributed by atoms with Crippen molar-refractivity contribution in [2.75, 3.05) is 45.6 Å². The van der Waals surface area contributed by atoms with Gasteiger partial charge in [-0.1, -0.05) is 54.6 Å². The first-order chi connectivity index (χ1) is 29.4. The smallest absolute Gasteiger partial charge is 0.351 e. The van der Waals surface area contributed by atoms with E-state index in [1.807, 2.05) is 78.9 Å². The maximum atomic E-state index is 14.2. The lowest BCUT2D eigenvalue weighted by Crippen LogP contribution is -2.38. The molecule has 20 heteroatoms. The molecule has 5 heterocycles. The van der Waals surface area contributed by atoms with Gasteiger partial charge in [-0.3, -0.25) is 23.5 Å². The highest BCUT2D eigenvalue weighted by Gasteiger charge is 2.46. The number of hydrogen-bond acceptors (Lipinski definition) is 16. The van der Waals surface area contributed by atoms with E-state index in [9.17, 15) is 19.3 Å². The summed E-state index contributed by atoms with van der Waals surface area (Å²) in [4.78, 5) is 39.9. The Hall–Kier alpha value is -5.92. The van der Waals surface area contributed by atoms with Gasteiger partial charge in [0.2, 0.25) is 5.95 Å². The number of H-pyrrole nitrogens is 1. The quantitative estimate of drug-likeness (QED) is 0.0848. The van der Waals surface area contributed by atoms with E-state index in [1.54, 1.807) is 18.8 Å². The molecule has 1 unspecified atom stereocenters. The van der Waals surface area contributed by atoms with E-state index in [0.717, 1.165) is 16.7 Å². The molecule has 3 aromatic heterocycles. The van der Waals surface area contributed by atoms with Crippen molar-refractivity contribution in [3.63, 3.8) is 0 Å². The van der Waals surface area contributed by atoms with Crippen molar-refractivity contribution < 1.29 is 42.4 Å². The highest BCUT2D eigenvalue weighted by molar-refractivity contribution is 7.53. The number of hydrogen-bond donors (Lipinski definition) is 4. The summed E-state index contributed by atoms with van der Waals surface area (Å²) in [6.07, 6.45) is -2.55. The average Bonchev–Trinajstić information content (AvgIpc) is 3.97. The molecule has 0 bridgehead atoms. The Bertz CT molecular complexity index is 2590. The van der Waals surface area contributed by atoms with E-state index in [1.165, 1.54) is 29.8 Å².